The van der Waals surface area contributed by atoms with Gasteiger partial charge in [0, 0.05) is 11.3 Å². The van der Waals surface area contributed by atoms with E-state index in [0.717, 1.165) is 12.8 Å². The Hall–Kier alpha value is -0.260. The fraction of sp³-hybridized carbons (Fsp3) is 0.909. The van der Waals surface area contributed by atoms with Crippen LogP contribution in [0, 0.1) is 5.92 Å². The van der Waals surface area contributed by atoms with E-state index in [1.165, 1.54) is 7.11 Å². The third kappa shape index (κ3) is 3.64. The summed E-state index contributed by atoms with van der Waals surface area (Å²) in [6.07, 6.45) is 4.13. The van der Waals surface area contributed by atoms with Crippen molar-refractivity contribution >= 4 is 17.7 Å². The molecule has 94 valence electrons. The van der Waals surface area contributed by atoms with Gasteiger partial charge in [0.15, 0.2) is 0 Å². The van der Waals surface area contributed by atoms with Crippen molar-refractivity contribution in [2.45, 2.75) is 37.1 Å². The van der Waals surface area contributed by atoms with E-state index >= 15 is 0 Å². The molecule has 0 aromatic rings. The second-order valence-electron chi connectivity index (χ2n) is 4.25. The second-order valence-corrected chi connectivity index (χ2v) is 5.33. The van der Waals surface area contributed by atoms with Crippen LogP contribution in [0.3, 0.4) is 0 Å². The molecule has 0 radical (unpaired) electrons. The van der Waals surface area contributed by atoms with E-state index in [9.17, 15) is 9.90 Å². The van der Waals surface area contributed by atoms with Gasteiger partial charge in [0.25, 0.3) is 0 Å². The van der Waals surface area contributed by atoms with Gasteiger partial charge < -0.3 is 15.2 Å². The van der Waals surface area contributed by atoms with E-state index in [1.54, 1.807) is 11.8 Å². The Morgan fingerprint density at radius 3 is 2.62 bits per heavy atom. The van der Waals surface area contributed by atoms with Gasteiger partial charge in [0.2, 0.25) is 0 Å². The van der Waals surface area contributed by atoms with E-state index in [0.29, 0.717) is 5.92 Å². The largest absolute Gasteiger partial charge is 0.468 e. The third-order valence-electron chi connectivity index (χ3n) is 3.03. The van der Waals surface area contributed by atoms with Crippen LogP contribution >= 0.6 is 11.8 Å². The molecule has 0 saturated heterocycles. The maximum absolute atomic E-state index is 11.6. The van der Waals surface area contributed by atoms with E-state index in [-0.39, 0.29) is 29.9 Å². The fourth-order valence-corrected chi connectivity index (χ4v) is 2.42. The molecule has 1 rings (SSSR count). The number of nitrogens with one attached hydrogen (secondary N) is 1. The van der Waals surface area contributed by atoms with Crippen molar-refractivity contribution in [3.63, 3.8) is 0 Å². The lowest BCUT2D eigenvalue weighted by Crippen LogP contribution is -2.48. The number of rotatable bonds is 7. The van der Waals surface area contributed by atoms with Crippen LogP contribution in [0.25, 0.3) is 0 Å². The fourth-order valence-electron chi connectivity index (χ4n) is 1.78. The molecular formula is C11H21NO3S. The van der Waals surface area contributed by atoms with Crippen LogP contribution in [0.15, 0.2) is 0 Å². The lowest BCUT2D eigenvalue weighted by molar-refractivity contribution is -0.144. The summed E-state index contributed by atoms with van der Waals surface area (Å²) in [5, 5.41) is 12.6. The molecule has 0 bridgehead atoms. The van der Waals surface area contributed by atoms with Crippen molar-refractivity contribution in [2.75, 3.05) is 20.0 Å². The molecule has 16 heavy (non-hydrogen) atoms. The number of esters is 1. The van der Waals surface area contributed by atoms with Crippen molar-refractivity contribution < 1.29 is 14.6 Å². The molecule has 3 unspecified atom stereocenters. The number of hydrogen-bond acceptors (Lipinski definition) is 5. The standard InChI is InChI=1S/C11H21NO3S/c1-7(9(6-13)16-3)12-10(8-4-5-8)11(14)15-2/h7-10,12-13H,4-6H2,1-3H3. The minimum Gasteiger partial charge on any atom is -0.468 e. The van der Waals surface area contributed by atoms with Gasteiger partial charge in [-0.15, -0.1) is 0 Å². The molecule has 1 aliphatic rings. The molecule has 3 atom stereocenters. The van der Waals surface area contributed by atoms with Crippen LogP contribution in [-0.4, -0.2) is 48.4 Å². The number of thioether (sulfide) groups is 1. The summed E-state index contributed by atoms with van der Waals surface area (Å²) in [7, 11) is 1.42. The molecule has 0 heterocycles. The van der Waals surface area contributed by atoms with Crippen LogP contribution < -0.4 is 5.32 Å². The Bertz CT molecular complexity index is 229. The molecule has 0 amide bonds. The van der Waals surface area contributed by atoms with Crippen molar-refractivity contribution in [1.29, 1.82) is 0 Å². The molecule has 0 aromatic heterocycles. The van der Waals surface area contributed by atoms with Gasteiger partial charge in [-0.2, -0.15) is 11.8 Å². The molecule has 4 nitrogen and oxygen atoms in total. The highest BCUT2D eigenvalue weighted by Crippen LogP contribution is 2.33. The number of hydrogen-bond donors (Lipinski definition) is 2. The SMILES string of the molecule is COC(=O)C(NC(C)C(CO)SC)C1CC1. The Morgan fingerprint density at radius 2 is 2.25 bits per heavy atom. The maximum Gasteiger partial charge on any atom is 0.323 e. The van der Waals surface area contributed by atoms with Gasteiger partial charge in [-0.1, -0.05) is 0 Å². The summed E-state index contributed by atoms with van der Waals surface area (Å²) >= 11 is 1.61. The number of ether oxygens (including phenoxy) is 1. The first-order chi connectivity index (χ1) is 7.63. The Labute approximate surface area is 101 Å². The van der Waals surface area contributed by atoms with Crippen molar-refractivity contribution in [2.24, 2.45) is 5.92 Å². The smallest absolute Gasteiger partial charge is 0.323 e. The number of carbonyl (C=O) groups is 1. The Morgan fingerprint density at radius 1 is 1.62 bits per heavy atom. The quantitative estimate of drug-likeness (QED) is 0.647. The van der Waals surface area contributed by atoms with Gasteiger partial charge >= 0.3 is 5.97 Å². The topological polar surface area (TPSA) is 58.6 Å². The maximum atomic E-state index is 11.6. The van der Waals surface area contributed by atoms with Gasteiger partial charge in [-0.3, -0.25) is 4.79 Å². The van der Waals surface area contributed by atoms with Gasteiger partial charge in [-0.05, 0) is 31.9 Å². The summed E-state index contributed by atoms with van der Waals surface area (Å²) in [6, 6.07) is -0.106. The number of carbonyl (C=O) groups excluding carboxylic acids is 1. The Kier molecular flexibility index (Phi) is 5.58. The lowest BCUT2D eigenvalue weighted by Gasteiger charge is -2.26. The summed E-state index contributed by atoms with van der Waals surface area (Å²) in [5.41, 5.74) is 0. The zero-order valence-electron chi connectivity index (χ0n) is 10.1. The summed E-state index contributed by atoms with van der Waals surface area (Å²) in [4.78, 5) is 11.6. The number of aliphatic hydroxyl groups excluding tert-OH is 1. The van der Waals surface area contributed by atoms with E-state index < -0.39 is 0 Å². The van der Waals surface area contributed by atoms with Crippen molar-refractivity contribution in [3.8, 4) is 0 Å². The minimum atomic E-state index is -0.207. The summed E-state index contributed by atoms with van der Waals surface area (Å²) in [6.45, 7) is 2.11. The van der Waals surface area contributed by atoms with Gasteiger partial charge in [0.05, 0.1) is 13.7 Å². The highest BCUT2D eigenvalue weighted by molar-refractivity contribution is 7.99. The first-order valence-electron chi connectivity index (χ1n) is 5.61. The van der Waals surface area contributed by atoms with Crippen molar-refractivity contribution in [3.05, 3.63) is 0 Å². The van der Waals surface area contributed by atoms with Crippen LogP contribution in [0.2, 0.25) is 0 Å². The number of aliphatic hydroxyl groups is 1. The van der Waals surface area contributed by atoms with E-state index in [2.05, 4.69) is 5.32 Å². The monoisotopic (exact) mass is 247 g/mol. The zero-order valence-corrected chi connectivity index (χ0v) is 10.9. The van der Waals surface area contributed by atoms with Crippen LogP contribution in [0.1, 0.15) is 19.8 Å². The molecule has 1 aliphatic carbocycles. The first-order valence-corrected chi connectivity index (χ1v) is 6.90. The first kappa shape index (κ1) is 13.8. The predicted molar refractivity (Wildman–Crippen MR) is 65.5 cm³/mol. The highest BCUT2D eigenvalue weighted by atomic mass is 32.2. The second kappa shape index (κ2) is 6.47. The van der Waals surface area contributed by atoms with Crippen LogP contribution in [-0.2, 0) is 9.53 Å². The lowest BCUT2D eigenvalue weighted by atomic mass is 10.1. The summed E-state index contributed by atoms with van der Waals surface area (Å²) in [5.74, 6) is 0.225. The molecule has 1 fully saturated rings. The van der Waals surface area contributed by atoms with E-state index in [1.807, 2.05) is 13.2 Å². The minimum absolute atomic E-state index is 0.102. The molecule has 1 saturated carbocycles. The molecule has 0 aliphatic heterocycles. The average molecular weight is 247 g/mol. The van der Waals surface area contributed by atoms with Crippen LogP contribution in [0.4, 0.5) is 0 Å². The molecular weight excluding hydrogens is 226 g/mol. The van der Waals surface area contributed by atoms with Gasteiger partial charge in [0.1, 0.15) is 6.04 Å². The highest BCUT2D eigenvalue weighted by Gasteiger charge is 2.38. The summed E-state index contributed by atoms with van der Waals surface area (Å²) < 4.78 is 4.79. The predicted octanol–water partition coefficient (Wildman–Crippen LogP) is 0.640. The average Bonchev–Trinajstić information content (AvgIpc) is 3.10. The normalized spacial score (nSPS) is 21.2. The Balaban J connectivity index is 2.50. The molecule has 2 N–H and O–H groups in total. The molecule has 5 heteroatoms. The molecule has 0 aromatic carbocycles. The number of methoxy groups -OCH3 is 1. The van der Waals surface area contributed by atoms with Crippen LogP contribution in [0.5, 0.6) is 0 Å². The van der Waals surface area contributed by atoms with E-state index in [4.69, 9.17) is 4.74 Å². The third-order valence-corrected chi connectivity index (χ3v) is 4.19. The molecule has 0 spiro atoms. The zero-order chi connectivity index (χ0) is 12.1. The van der Waals surface area contributed by atoms with Crippen molar-refractivity contribution in [1.82, 2.24) is 5.32 Å². The van der Waals surface area contributed by atoms with Gasteiger partial charge in [-0.25, -0.2) is 0 Å².